The first kappa shape index (κ1) is 18.2. The molecule has 1 heterocycles. The van der Waals surface area contributed by atoms with Gasteiger partial charge < -0.3 is 10.3 Å². The lowest BCUT2D eigenvalue weighted by atomic mass is 10.2. The van der Waals surface area contributed by atoms with E-state index < -0.39 is 23.6 Å². The number of nitrogens with zero attached hydrogens (tertiary/aromatic N) is 1. The predicted octanol–water partition coefficient (Wildman–Crippen LogP) is 3.28. The summed E-state index contributed by atoms with van der Waals surface area (Å²) in [6.07, 6.45) is -1.51. The molecule has 0 radical (unpaired) electrons. The van der Waals surface area contributed by atoms with Gasteiger partial charge in [-0.3, -0.25) is 9.59 Å². The molecule has 6 nitrogen and oxygen atoms in total. The van der Waals surface area contributed by atoms with Crippen LogP contribution in [0.15, 0.2) is 59.8 Å². The van der Waals surface area contributed by atoms with Crippen molar-refractivity contribution in [2.45, 2.75) is 6.18 Å². The number of hydrogen-bond donors (Lipinski definition) is 3. The molecule has 0 unspecified atom stereocenters. The molecule has 138 valence electrons. The Morgan fingerprint density at radius 2 is 1.81 bits per heavy atom. The largest absolute Gasteiger partial charge is 0.416 e. The van der Waals surface area contributed by atoms with Gasteiger partial charge in [0.15, 0.2) is 0 Å². The lowest BCUT2D eigenvalue weighted by molar-refractivity contribution is -0.137. The number of nitrogens with one attached hydrogen (secondary N) is 3. The molecule has 1 aromatic heterocycles. The first-order chi connectivity index (χ1) is 12.8. The maximum atomic E-state index is 12.7. The third kappa shape index (κ3) is 4.32. The molecule has 0 saturated heterocycles. The smallest absolute Gasteiger partial charge is 0.361 e. The van der Waals surface area contributed by atoms with Crippen LogP contribution in [-0.2, 0) is 15.8 Å². The van der Waals surface area contributed by atoms with E-state index in [1.54, 1.807) is 6.20 Å². The van der Waals surface area contributed by atoms with E-state index in [-0.39, 0.29) is 5.69 Å². The zero-order chi connectivity index (χ0) is 19.4. The Bertz CT molecular complexity index is 1020. The van der Waals surface area contributed by atoms with Crippen LogP contribution in [0.1, 0.15) is 11.1 Å². The Labute approximate surface area is 151 Å². The monoisotopic (exact) mass is 374 g/mol. The van der Waals surface area contributed by atoms with Crippen LogP contribution in [0.5, 0.6) is 0 Å². The highest BCUT2D eigenvalue weighted by atomic mass is 19.4. The van der Waals surface area contributed by atoms with Gasteiger partial charge in [-0.05, 0) is 24.3 Å². The summed E-state index contributed by atoms with van der Waals surface area (Å²) in [6, 6.07) is 11.4. The van der Waals surface area contributed by atoms with E-state index in [1.165, 1.54) is 12.3 Å². The fraction of sp³-hybridized carbons (Fsp3) is 0.0556. The Morgan fingerprint density at radius 3 is 2.59 bits per heavy atom. The van der Waals surface area contributed by atoms with Crippen LogP contribution in [-0.4, -0.2) is 23.0 Å². The van der Waals surface area contributed by atoms with Crippen molar-refractivity contribution >= 4 is 34.6 Å². The number of alkyl halides is 3. The third-order valence-electron chi connectivity index (χ3n) is 3.64. The molecule has 27 heavy (non-hydrogen) atoms. The number of amides is 2. The van der Waals surface area contributed by atoms with Crippen molar-refractivity contribution in [2.75, 3.05) is 5.32 Å². The molecule has 9 heteroatoms. The van der Waals surface area contributed by atoms with Crippen molar-refractivity contribution in [1.29, 1.82) is 0 Å². The molecular formula is C18H13F3N4O2. The van der Waals surface area contributed by atoms with Crippen molar-refractivity contribution in [3.63, 3.8) is 0 Å². The van der Waals surface area contributed by atoms with Gasteiger partial charge in [0.1, 0.15) is 0 Å². The number of hydrazone groups is 1. The number of carbonyl (C=O) groups excluding carboxylic acids is 2. The summed E-state index contributed by atoms with van der Waals surface area (Å²) < 4.78 is 38.0. The molecular weight excluding hydrogens is 361 g/mol. The fourth-order valence-electron chi connectivity index (χ4n) is 2.37. The summed E-state index contributed by atoms with van der Waals surface area (Å²) in [6.45, 7) is 0. The Kier molecular flexibility index (Phi) is 4.93. The molecule has 2 amide bonds. The van der Waals surface area contributed by atoms with Gasteiger partial charge in [-0.1, -0.05) is 24.3 Å². The first-order valence-electron chi connectivity index (χ1n) is 7.72. The van der Waals surface area contributed by atoms with Crippen LogP contribution in [0, 0.1) is 0 Å². The van der Waals surface area contributed by atoms with E-state index in [0.29, 0.717) is 5.56 Å². The number of fused-ring (bicyclic) bond motifs is 1. The predicted molar refractivity (Wildman–Crippen MR) is 94.1 cm³/mol. The standard InChI is InChI=1S/C18H13F3N4O2/c19-18(20,21)12-4-3-5-13(8-12)24-16(26)17(27)25-23-10-11-9-22-15-7-2-1-6-14(11)15/h1-10,22H,(H,24,26)(H,25,27)/b23-10+. The van der Waals surface area contributed by atoms with Gasteiger partial charge in [0.2, 0.25) is 0 Å². The van der Waals surface area contributed by atoms with Gasteiger partial charge >= 0.3 is 18.0 Å². The van der Waals surface area contributed by atoms with Crippen LogP contribution >= 0.6 is 0 Å². The number of aromatic nitrogens is 1. The molecule has 0 aliphatic carbocycles. The van der Waals surface area contributed by atoms with Gasteiger partial charge in [-0.15, -0.1) is 0 Å². The minimum Gasteiger partial charge on any atom is -0.361 e. The van der Waals surface area contributed by atoms with E-state index in [4.69, 9.17) is 0 Å². The summed E-state index contributed by atoms with van der Waals surface area (Å²) in [7, 11) is 0. The maximum absolute atomic E-state index is 12.7. The summed E-state index contributed by atoms with van der Waals surface area (Å²) in [5.41, 5.74) is 2.53. The molecule has 0 saturated carbocycles. The van der Waals surface area contributed by atoms with Crippen molar-refractivity contribution < 1.29 is 22.8 Å². The average molecular weight is 374 g/mol. The van der Waals surface area contributed by atoms with Crippen molar-refractivity contribution in [3.05, 3.63) is 65.9 Å². The number of anilines is 1. The molecule has 3 N–H and O–H groups in total. The summed E-state index contributed by atoms with van der Waals surface area (Å²) in [5, 5.41) is 6.67. The highest BCUT2D eigenvalue weighted by molar-refractivity contribution is 6.39. The highest BCUT2D eigenvalue weighted by Gasteiger charge is 2.30. The highest BCUT2D eigenvalue weighted by Crippen LogP contribution is 2.30. The average Bonchev–Trinajstić information content (AvgIpc) is 3.04. The molecule has 2 aromatic carbocycles. The quantitative estimate of drug-likeness (QED) is 0.373. The number of halogens is 3. The summed E-state index contributed by atoms with van der Waals surface area (Å²) >= 11 is 0. The van der Waals surface area contributed by atoms with Crippen LogP contribution in [0.25, 0.3) is 10.9 Å². The molecule has 3 rings (SSSR count). The molecule has 0 bridgehead atoms. The second-order valence-electron chi connectivity index (χ2n) is 5.52. The zero-order valence-corrected chi connectivity index (χ0v) is 13.7. The van der Waals surface area contributed by atoms with E-state index in [1.807, 2.05) is 29.7 Å². The topological polar surface area (TPSA) is 86.3 Å². The van der Waals surface area contributed by atoms with Crippen molar-refractivity contribution in [2.24, 2.45) is 5.10 Å². The minimum atomic E-state index is -4.55. The van der Waals surface area contributed by atoms with Gasteiger partial charge in [-0.25, -0.2) is 5.43 Å². The molecule has 0 spiro atoms. The van der Waals surface area contributed by atoms with Crippen LogP contribution in [0.3, 0.4) is 0 Å². The van der Waals surface area contributed by atoms with Crippen molar-refractivity contribution in [1.82, 2.24) is 10.4 Å². The van der Waals surface area contributed by atoms with E-state index >= 15 is 0 Å². The number of carbonyl (C=O) groups is 2. The third-order valence-corrected chi connectivity index (χ3v) is 3.64. The second kappa shape index (κ2) is 7.32. The molecule has 0 atom stereocenters. The number of benzene rings is 2. The zero-order valence-electron chi connectivity index (χ0n) is 13.7. The Balaban J connectivity index is 1.62. The van der Waals surface area contributed by atoms with Crippen LogP contribution < -0.4 is 10.7 Å². The number of H-pyrrole nitrogens is 1. The Hall–Kier alpha value is -3.62. The minimum absolute atomic E-state index is 0.148. The lowest BCUT2D eigenvalue weighted by Crippen LogP contribution is -2.32. The van der Waals surface area contributed by atoms with Crippen LogP contribution in [0.4, 0.5) is 18.9 Å². The van der Waals surface area contributed by atoms with Crippen LogP contribution in [0.2, 0.25) is 0 Å². The molecule has 3 aromatic rings. The van der Waals surface area contributed by atoms with Gasteiger partial charge in [0.25, 0.3) is 0 Å². The fourth-order valence-corrected chi connectivity index (χ4v) is 2.37. The Morgan fingerprint density at radius 1 is 1.04 bits per heavy atom. The maximum Gasteiger partial charge on any atom is 0.416 e. The van der Waals surface area contributed by atoms with Crippen molar-refractivity contribution in [3.8, 4) is 0 Å². The molecule has 0 aliphatic heterocycles. The van der Waals surface area contributed by atoms with Gasteiger partial charge in [-0.2, -0.15) is 18.3 Å². The number of hydrogen-bond acceptors (Lipinski definition) is 3. The second-order valence-corrected chi connectivity index (χ2v) is 5.52. The summed E-state index contributed by atoms with van der Waals surface area (Å²) in [4.78, 5) is 26.6. The van der Waals surface area contributed by atoms with E-state index in [2.05, 4.69) is 15.4 Å². The van der Waals surface area contributed by atoms with Gasteiger partial charge in [0, 0.05) is 28.4 Å². The first-order valence-corrected chi connectivity index (χ1v) is 7.72. The SMILES string of the molecule is O=C(N/N=C/c1c[nH]c2ccccc12)C(=O)Nc1cccc(C(F)(F)F)c1. The van der Waals surface area contributed by atoms with E-state index in [0.717, 1.165) is 29.1 Å². The normalized spacial score (nSPS) is 11.7. The molecule has 0 fully saturated rings. The number of rotatable bonds is 3. The van der Waals surface area contributed by atoms with Gasteiger partial charge in [0.05, 0.1) is 11.8 Å². The number of para-hydroxylation sites is 1. The summed E-state index contributed by atoms with van der Waals surface area (Å²) in [5.74, 6) is -2.24. The number of aromatic amines is 1. The van der Waals surface area contributed by atoms with E-state index in [9.17, 15) is 22.8 Å². The molecule has 0 aliphatic rings. The lowest BCUT2D eigenvalue weighted by Gasteiger charge is -2.09.